The molecular formula is C13H14O3. The summed E-state index contributed by atoms with van der Waals surface area (Å²) in [6.45, 7) is 1.45. The molecule has 1 atom stereocenters. The number of carbonyl (C=O) groups excluding carboxylic acids is 3. The lowest BCUT2D eigenvalue weighted by Gasteiger charge is -2.07. The molecule has 0 radical (unpaired) electrons. The molecule has 84 valence electrons. The summed E-state index contributed by atoms with van der Waals surface area (Å²) in [5.74, 6) is -0.920. The minimum Gasteiger partial charge on any atom is -0.303 e. The van der Waals surface area contributed by atoms with E-state index in [1.54, 1.807) is 24.3 Å². The van der Waals surface area contributed by atoms with E-state index in [1.807, 2.05) is 6.07 Å². The van der Waals surface area contributed by atoms with Crippen LogP contribution in [0.25, 0.3) is 0 Å². The predicted octanol–water partition coefficient (Wildman–Crippen LogP) is 2.05. The molecule has 0 N–H and O–H groups in total. The Balaban J connectivity index is 2.70. The van der Waals surface area contributed by atoms with Crippen LogP contribution >= 0.6 is 0 Å². The van der Waals surface area contributed by atoms with Gasteiger partial charge in [0.15, 0.2) is 5.78 Å². The normalized spacial score (nSPS) is 11.8. The van der Waals surface area contributed by atoms with Crippen LogP contribution in [-0.4, -0.2) is 17.9 Å². The number of ketones is 2. The molecule has 3 nitrogen and oxygen atoms in total. The number of hydrogen-bond donors (Lipinski definition) is 0. The zero-order valence-electron chi connectivity index (χ0n) is 9.18. The van der Waals surface area contributed by atoms with E-state index in [1.165, 1.54) is 6.92 Å². The maximum Gasteiger partial charge on any atom is 0.173 e. The number of benzene rings is 1. The van der Waals surface area contributed by atoms with Crippen molar-refractivity contribution < 1.29 is 14.4 Å². The van der Waals surface area contributed by atoms with Gasteiger partial charge in [-0.1, -0.05) is 30.3 Å². The van der Waals surface area contributed by atoms with Gasteiger partial charge in [-0.2, -0.15) is 0 Å². The molecule has 0 fully saturated rings. The molecule has 0 spiro atoms. The lowest BCUT2D eigenvalue weighted by molar-refractivity contribution is -0.117. The van der Waals surface area contributed by atoms with Crippen LogP contribution in [0.4, 0.5) is 0 Å². The van der Waals surface area contributed by atoms with Crippen molar-refractivity contribution in [1.82, 2.24) is 0 Å². The van der Waals surface area contributed by atoms with Crippen LogP contribution in [0, 0.1) is 5.92 Å². The van der Waals surface area contributed by atoms with Crippen LogP contribution in [0.15, 0.2) is 30.3 Å². The van der Waals surface area contributed by atoms with E-state index in [4.69, 9.17) is 0 Å². The fraction of sp³-hybridized carbons (Fsp3) is 0.308. The average molecular weight is 218 g/mol. The smallest absolute Gasteiger partial charge is 0.173 e. The monoisotopic (exact) mass is 218 g/mol. The minimum absolute atomic E-state index is 0.00675. The van der Waals surface area contributed by atoms with E-state index in [-0.39, 0.29) is 18.0 Å². The number of Topliss-reactive ketones (excluding diaryl/α,β-unsaturated/α-hetero) is 2. The molecule has 3 heteroatoms. The fourth-order valence-electron chi connectivity index (χ4n) is 1.44. The van der Waals surface area contributed by atoms with Gasteiger partial charge < -0.3 is 9.59 Å². The third-order valence-corrected chi connectivity index (χ3v) is 2.37. The highest BCUT2D eigenvalue weighted by Crippen LogP contribution is 2.12. The zero-order valence-corrected chi connectivity index (χ0v) is 9.18. The van der Waals surface area contributed by atoms with Crippen molar-refractivity contribution in [2.24, 2.45) is 5.92 Å². The highest BCUT2D eigenvalue weighted by molar-refractivity contribution is 6.05. The van der Waals surface area contributed by atoms with E-state index < -0.39 is 5.92 Å². The number of hydrogen-bond acceptors (Lipinski definition) is 3. The highest BCUT2D eigenvalue weighted by atomic mass is 16.1. The molecule has 0 saturated heterocycles. The van der Waals surface area contributed by atoms with Gasteiger partial charge in [-0.05, 0) is 13.3 Å². The van der Waals surface area contributed by atoms with E-state index in [0.717, 1.165) is 0 Å². The quantitative estimate of drug-likeness (QED) is 0.417. The Kier molecular flexibility index (Phi) is 4.58. The van der Waals surface area contributed by atoms with Crippen LogP contribution in [0.3, 0.4) is 0 Å². The summed E-state index contributed by atoms with van der Waals surface area (Å²) in [5.41, 5.74) is 0.517. The first-order valence-electron chi connectivity index (χ1n) is 5.19. The molecule has 1 aromatic rings. The van der Waals surface area contributed by atoms with E-state index in [0.29, 0.717) is 18.3 Å². The van der Waals surface area contributed by atoms with Crippen molar-refractivity contribution in [2.45, 2.75) is 19.8 Å². The molecule has 0 heterocycles. The highest BCUT2D eigenvalue weighted by Gasteiger charge is 2.19. The molecule has 0 aliphatic heterocycles. The van der Waals surface area contributed by atoms with Crippen LogP contribution in [0.2, 0.25) is 0 Å². The zero-order chi connectivity index (χ0) is 12.0. The maximum absolute atomic E-state index is 11.8. The van der Waals surface area contributed by atoms with Gasteiger partial charge in [-0.3, -0.25) is 4.79 Å². The predicted molar refractivity (Wildman–Crippen MR) is 60.2 cm³/mol. The van der Waals surface area contributed by atoms with Crippen LogP contribution in [0.5, 0.6) is 0 Å². The summed E-state index contributed by atoms with van der Waals surface area (Å²) < 4.78 is 0. The topological polar surface area (TPSA) is 51.2 Å². The first-order valence-corrected chi connectivity index (χ1v) is 5.19. The first-order chi connectivity index (χ1) is 7.65. The second kappa shape index (κ2) is 5.95. The van der Waals surface area contributed by atoms with Crippen molar-refractivity contribution in [2.75, 3.05) is 0 Å². The van der Waals surface area contributed by atoms with Crippen molar-refractivity contribution in [3.63, 3.8) is 0 Å². The average Bonchev–Trinajstić information content (AvgIpc) is 2.30. The fourth-order valence-corrected chi connectivity index (χ4v) is 1.44. The Morgan fingerprint density at radius 3 is 2.38 bits per heavy atom. The molecule has 1 rings (SSSR count). The summed E-state index contributed by atoms with van der Waals surface area (Å²) in [5, 5.41) is 0. The molecular weight excluding hydrogens is 204 g/mol. The number of aldehydes is 1. The summed E-state index contributed by atoms with van der Waals surface area (Å²) >= 11 is 0. The Hall–Kier alpha value is -1.77. The van der Waals surface area contributed by atoms with Crippen molar-refractivity contribution >= 4 is 17.9 Å². The van der Waals surface area contributed by atoms with Crippen molar-refractivity contribution in [3.8, 4) is 0 Å². The van der Waals surface area contributed by atoms with Crippen molar-refractivity contribution in [3.05, 3.63) is 35.9 Å². The van der Waals surface area contributed by atoms with Gasteiger partial charge in [0.05, 0.1) is 5.92 Å². The molecule has 1 aromatic carbocycles. The molecule has 0 aliphatic rings. The Labute approximate surface area is 94.5 Å². The van der Waals surface area contributed by atoms with Crippen LogP contribution in [0.1, 0.15) is 30.1 Å². The largest absolute Gasteiger partial charge is 0.303 e. The van der Waals surface area contributed by atoms with Gasteiger partial charge in [-0.25, -0.2) is 0 Å². The second-order valence-corrected chi connectivity index (χ2v) is 3.71. The maximum atomic E-state index is 11.8. The van der Waals surface area contributed by atoms with Gasteiger partial charge in [0.1, 0.15) is 12.1 Å². The number of rotatable bonds is 6. The Morgan fingerprint density at radius 1 is 1.25 bits per heavy atom. The summed E-state index contributed by atoms with van der Waals surface area (Å²) in [6, 6.07) is 8.65. The Bertz CT molecular complexity index is 381. The SMILES string of the molecule is CC(=O)CCC(C=O)C(=O)c1ccccc1. The van der Waals surface area contributed by atoms with Gasteiger partial charge in [0, 0.05) is 12.0 Å². The molecule has 0 bridgehead atoms. The minimum atomic E-state index is -0.703. The van der Waals surface area contributed by atoms with Gasteiger partial charge in [0.2, 0.25) is 0 Å². The van der Waals surface area contributed by atoms with Gasteiger partial charge in [0.25, 0.3) is 0 Å². The molecule has 0 amide bonds. The standard InChI is InChI=1S/C13H14O3/c1-10(15)7-8-12(9-14)13(16)11-5-3-2-4-6-11/h2-6,9,12H,7-8H2,1H3. The lowest BCUT2D eigenvalue weighted by Crippen LogP contribution is -2.17. The second-order valence-electron chi connectivity index (χ2n) is 3.71. The number of carbonyl (C=O) groups is 3. The first kappa shape index (κ1) is 12.3. The molecule has 16 heavy (non-hydrogen) atoms. The summed E-state index contributed by atoms with van der Waals surface area (Å²) in [7, 11) is 0. The van der Waals surface area contributed by atoms with E-state index in [2.05, 4.69) is 0 Å². The van der Waals surface area contributed by atoms with Gasteiger partial charge in [-0.15, -0.1) is 0 Å². The Morgan fingerprint density at radius 2 is 1.88 bits per heavy atom. The third kappa shape index (κ3) is 3.42. The molecule has 0 saturated carbocycles. The van der Waals surface area contributed by atoms with E-state index >= 15 is 0 Å². The summed E-state index contributed by atoms with van der Waals surface area (Å²) in [6.07, 6.45) is 1.19. The van der Waals surface area contributed by atoms with Crippen LogP contribution in [-0.2, 0) is 9.59 Å². The molecule has 0 aromatic heterocycles. The van der Waals surface area contributed by atoms with Gasteiger partial charge >= 0.3 is 0 Å². The lowest BCUT2D eigenvalue weighted by atomic mass is 9.94. The third-order valence-electron chi connectivity index (χ3n) is 2.37. The van der Waals surface area contributed by atoms with Crippen molar-refractivity contribution in [1.29, 1.82) is 0 Å². The molecule has 1 unspecified atom stereocenters. The van der Waals surface area contributed by atoms with E-state index in [9.17, 15) is 14.4 Å². The van der Waals surface area contributed by atoms with Crippen LogP contribution < -0.4 is 0 Å². The molecule has 0 aliphatic carbocycles. The summed E-state index contributed by atoms with van der Waals surface area (Å²) in [4.78, 5) is 33.4.